The number of ether oxygens (including phenoxy) is 1. The van der Waals surface area contributed by atoms with E-state index < -0.39 is 11.7 Å². The number of nitrogens with zero attached hydrogens (tertiary/aromatic N) is 2. The van der Waals surface area contributed by atoms with Crippen LogP contribution in [0.5, 0.6) is 0 Å². The van der Waals surface area contributed by atoms with E-state index in [1.807, 2.05) is 6.92 Å². The first kappa shape index (κ1) is 24.1. The lowest BCUT2D eigenvalue weighted by Gasteiger charge is -2.27. The molecule has 0 bridgehead atoms. The first-order valence-corrected chi connectivity index (χ1v) is 10.5. The molecule has 0 N–H and O–H groups in total. The van der Waals surface area contributed by atoms with Crippen LogP contribution < -0.4 is 0 Å². The number of rotatable bonds is 10. The molecule has 6 nitrogen and oxygen atoms in total. The van der Waals surface area contributed by atoms with E-state index in [1.165, 1.54) is 48.4 Å². The minimum absolute atomic E-state index is 0.183. The van der Waals surface area contributed by atoms with E-state index in [-0.39, 0.29) is 50.1 Å². The normalized spacial score (nSPS) is 10.8. The van der Waals surface area contributed by atoms with Gasteiger partial charge in [0.1, 0.15) is 29.7 Å². The van der Waals surface area contributed by atoms with Gasteiger partial charge in [0.15, 0.2) is 0 Å². The first-order valence-electron chi connectivity index (χ1n) is 10.5. The summed E-state index contributed by atoms with van der Waals surface area (Å²) in [7, 11) is 1.50. The Morgan fingerprint density at radius 3 is 2.09 bits per heavy atom. The van der Waals surface area contributed by atoms with Crippen LogP contribution in [0.15, 0.2) is 65.1 Å². The predicted molar refractivity (Wildman–Crippen MR) is 118 cm³/mol. The Morgan fingerprint density at radius 2 is 1.52 bits per heavy atom. The van der Waals surface area contributed by atoms with E-state index in [9.17, 15) is 18.4 Å². The molecular formula is C25H26F2N2O4. The molecule has 174 valence electrons. The van der Waals surface area contributed by atoms with Crippen LogP contribution in [0.4, 0.5) is 8.78 Å². The molecule has 0 radical (unpaired) electrons. The minimum Gasteiger partial charge on any atom is -0.464 e. The van der Waals surface area contributed by atoms with Crippen molar-refractivity contribution in [3.8, 4) is 0 Å². The summed E-state index contributed by atoms with van der Waals surface area (Å²) in [4.78, 5) is 29.2. The third kappa shape index (κ3) is 6.98. The third-order valence-electron chi connectivity index (χ3n) is 5.05. The van der Waals surface area contributed by atoms with Gasteiger partial charge in [0.2, 0.25) is 5.91 Å². The molecule has 3 rings (SSSR count). The Balaban J connectivity index is 1.80. The fraction of sp³-hybridized carbons (Fsp3) is 0.280. The highest BCUT2D eigenvalue weighted by atomic mass is 19.1. The number of hydrogen-bond acceptors (Lipinski definition) is 4. The fourth-order valence-electron chi connectivity index (χ4n) is 3.29. The number of hydrogen-bond donors (Lipinski definition) is 0. The van der Waals surface area contributed by atoms with Gasteiger partial charge in [0, 0.05) is 25.8 Å². The van der Waals surface area contributed by atoms with E-state index in [2.05, 4.69) is 0 Å². The number of amides is 2. The van der Waals surface area contributed by atoms with Crippen molar-refractivity contribution in [2.45, 2.75) is 20.0 Å². The number of methoxy groups -OCH3 is 1. The lowest BCUT2D eigenvalue weighted by Crippen LogP contribution is -2.43. The van der Waals surface area contributed by atoms with E-state index >= 15 is 0 Å². The van der Waals surface area contributed by atoms with Gasteiger partial charge in [0.05, 0.1) is 13.2 Å². The van der Waals surface area contributed by atoms with Crippen molar-refractivity contribution in [1.29, 1.82) is 0 Å². The molecule has 0 aliphatic carbocycles. The Bertz CT molecular complexity index is 1060. The monoisotopic (exact) mass is 456 g/mol. The highest BCUT2D eigenvalue weighted by molar-refractivity contribution is 5.96. The van der Waals surface area contributed by atoms with Crippen molar-refractivity contribution >= 4 is 11.8 Å². The van der Waals surface area contributed by atoms with Gasteiger partial charge in [-0.15, -0.1) is 0 Å². The summed E-state index contributed by atoms with van der Waals surface area (Å²) >= 11 is 0. The molecule has 0 aliphatic heterocycles. The quantitative estimate of drug-likeness (QED) is 0.459. The Hall–Kier alpha value is -3.52. The third-order valence-corrected chi connectivity index (χ3v) is 5.05. The maximum atomic E-state index is 13.3. The van der Waals surface area contributed by atoms with Crippen LogP contribution in [0.3, 0.4) is 0 Å². The van der Waals surface area contributed by atoms with Crippen molar-refractivity contribution in [1.82, 2.24) is 9.80 Å². The number of benzene rings is 2. The number of furan rings is 1. The second-order valence-corrected chi connectivity index (χ2v) is 7.62. The molecule has 1 heterocycles. The SMILES string of the molecule is COCCN(CC(=O)N(Cc1ccc(F)cc1)Cc1ccc(C)o1)C(=O)c1ccc(F)cc1. The van der Waals surface area contributed by atoms with Gasteiger partial charge in [-0.2, -0.15) is 0 Å². The molecule has 1 aromatic heterocycles. The van der Waals surface area contributed by atoms with Gasteiger partial charge in [-0.05, 0) is 61.0 Å². The molecular weight excluding hydrogens is 430 g/mol. The molecule has 0 atom stereocenters. The summed E-state index contributed by atoms with van der Waals surface area (Å²) in [6.07, 6.45) is 0. The number of halogens is 2. The standard InChI is InChI=1S/C25H26F2N2O4/c1-18-3-12-23(33-18)16-29(15-19-4-8-21(26)9-5-19)24(30)17-28(13-14-32-2)25(31)20-6-10-22(27)11-7-20/h3-12H,13-17H2,1-2H3. The molecule has 0 spiro atoms. The number of carbonyl (C=O) groups is 2. The molecule has 0 fully saturated rings. The van der Waals surface area contributed by atoms with Crippen molar-refractivity contribution < 1.29 is 27.5 Å². The van der Waals surface area contributed by atoms with Gasteiger partial charge in [-0.1, -0.05) is 12.1 Å². The maximum Gasteiger partial charge on any atom is 0.254 e. The second-order valence-electron chi connectivity index (χ2n) is 7.62. The van der Waals surface area contributed by atoms with Crippen LogP contribution in [0.2, 0.25) is 0 Å². The van der Waals surface area contributed by atoms with E-state index in [1.54, 1.807) is 29.2 Å². The molecule has 0 saturated heterocycles. The average molecular weight is 456 g/mol. The lowest BCUT2D eigenvalue weighted by atomic mass is 10.2. The average Bonchev–Trinajstić information content (AvgIpc) is 3.22. The van der Waals surface area contributed by atoms with Gasteiger partial charge in [-0.25, -0.2) is 8.78 Å². The molecule has 8 heteroatoms. The minimum atomic E-state index is -0.453. The zero-order valence-electron chi connectivity index (χ0n) is 18.6. The predicted octanol–water partition coefficient (Wildman–Crippen LogP) is 4.18. The second kappa shape index (κ2) is 11.4. The Morgan fingerprint density at radius 1 is 0.879 bits per heavy atom. The molecule has 0 saturated carbocycles. The molecule has 0 unspecified atom stereocenters. The van der Waals surface area contributed by atoms with E-state index in [0.29, 0.717) is 11.5 Å². The van der Waals surface area contributed by atoms with Gasteiger partial charge in [0.25, 0.3) is 5.91 Å². The number of aryl methyl sites for hydroxylation is 1. The number of carbonyl (C=O) groups excluding carboxylic acids is 2. The summed E-state index contributed by atoms with van der Waals surface area (Å²) in [5.41, 5.74) is 1.01. The van der Waals surface area contributed by atoms with Crippen LogP contribution in [-0.2, 0) is 22.6 Å². The van der Waals surface area contributed by atoms with E-state index in [4.69, 9.17) is 9.15 Å². The summed E-state index contributed by atoms with van der Waals surface area (Å²) in [5, 5.41) is 0. The van der Waals surface area contributed by atoms with Crippen molar-refractivity contribution in [2.75, 3.05) is 26.8 Å². The van der Waals surface area contributed by atoms with Crippen LogP contribution in [0.1, 0.15) is 27.4 Å². The topological polar surface area (TPSA) is 63.0 Å². The highest BCUT2D eigenvalue weighted by Gasteiger charge is 2.23. The van der Waals surface area contributed by atoms with Crippen molar-refractivity contribution in [3.63, 3.8) is 0 Å². The molecule has 0 aliphatic rings. The summed E-state index contributed by atoms with van der Waals surface area (Å²) < 4.78 is 37.3. The smallest absolute Gasteiger partial charge is 0.254 e. The first-order chi connectivity index (χ1) is 15.9. The zero-order valence-corrected chi connectivity index (χ0v) is 18.6. The summed E-state index contributed by atoms with van der Waals surface area (Å²) in [6, 6.07) is 14.6. The van der Waals surface area contributed by atoms with Gasteiger partial charge >= 0.3 is 0 Å². The van der Waals surface area contributed by atoms with E-state index in [0.717, 1.165) is 5.56 Å². The van der Waals surface area contributed by atoms with Crippen molar-refractivity contribution in [3.05, 3.63) is 94.9 Å². The molecule has 2 aromatic carbocycles. The lowest BCUT2D eigenvalue weighted by molar-refractivity contribution is -0.133. The largest absolute Gasteiger partial charge is 0.464 e. The van der Waals surface area contributed by atoms with Gasteiger partial charge in [-0.3, -0.25) is 9.59 Å². The molecule has 2 amide bonds. The Kier molecular flexibility index (Phi) is 8.32. The van der Waals surface area contributed by atoms with Crippen LogP contribution in [0, 0.1) is 18.6 Å². The zero-order chi connectivity index (χ0) is 23.8. The Labute approximate surface area is 191 Å². The maximum absolute atomic E-state index is 13.3. The van der Waals surface area contributed by atoms with Gasteiger partial charge < -0.3 is 19.0 Å². The van der Waals surface area contributed by atoms with Crippen LogP contribution in [-0.4, -0.2) is 48.4 Å². The molecule has 33 heavy (non-hydrogen) atoms. The molecule has 3 aromatic rings. The van der Waals surface area contributed by atoms with Crippen molar-refractivity contribution in [2.24, 2.45) is 0 Å². The van der Waals surface area contributed by atoms with Crippen LogP contribution >= 0.6 is 0 Å². The highest BCUT2D eigenvalue weighted by Crippen LogP contribution is 2.15. The summed E-state index contributed by atoms with van der Waals surface area (Å²) in [5.74, 6) is -0.237. The summed E-state index contributed by atoms with van der Waals surface area (Å²) in [6.45, 7) is 2.41. The fourth-order valence-corrected chi connectivity index (χ4v) is 3.29. The van der Waals surface area contributed by atoms with Crippen LogP contribution in [0.25, 0.3) is 0 Å².